The summed E-state index contributed by atoms with van der Waals surface area (Å²) in [5, 5.41) is 13.8. The molecule has 0 bridgehead atoms. The molecule has 0 aliphatic carbocycles. The average molecular weight is 188 g/mol. The highest BCUT2D eigenvalue weighted by atomic mass is 16.4. The smallest absolute Gasteiger partial charge is 0.320 e. The fraction of sp³-hybridized carbons (Fsp3) is 0.750. The Kier molecular flexibility index (Phi) is 5.06. The van der Waals surface area contributed by atoms with Crippen molar-refractivity contribution in [2.45, 2.75) is 32.9 Å². The number of hydrogen-bond acceptors (Lipinski definition) is 3. The van der Waals surface area contributed by atoms with Gasteiger partial charge in [-0.2, -0.15) is 0 Å². The van der Waals surface area contributed by atoms with Crippen LogP contribution in [0.3, 0.4) is 0 Å². The summed E-state index contributed by atoms with van der Waals surface area (Å²) in [7, 11) is 0. The van der Waals surface area contributed by atoms with Crippen LogP contribution in [0.15, 0.2) is 0 Å². The Balaban J connectivity index is 3.92. The van der Waals surface area contributed by atoms with E-state index in [2.05, 4.69) is 10.6 Å². The monoisotopic (exact) mass is 188 g/mol. The summed E-state index contributed by atoms with van der Waals surface area (Å²) in [5.74, 6) is -1.15. The second-order valence-corrected chi connectivity index (χ2v) is 2.84. The summed E-state index contributed by atoms with van der Waals surface area (Å²) < 4.78 is 0. The first-order valence-corrected chi connectivity index (χ1v) is 4.25. The second kappa shape index (κ2) is 5.53. The van der Waals surface area contributed by atoms with E-state index >= 15 is 0 Å². The molecule has 2 atom stereocenters. The second-order valence-electron chi connectivity index (χ2n) is 2.84. The van der Waals surface area contributed by atoms with Crippen molar-refractivity contribution in [2.75, 3.05) is 6.54 Å². The Morgan fingerprint density at radius 3 is 2.23 bits per heavy atom. The molecule has 0 saturated carbocycles. The van der Waals surface area contributed by atoms with Gasteiger partial charge in [-0.3, -0.25) is 14.9 Å². The van der Waals surface area contributed by atoms with Crippen molar-refractivity contribution in [2.24, 2.45) is 0 Å². The SMILES string of the molecule is CCNC(=O)C(C)NC(C)C(=O)O. The summed E-state index contributed by atoms with van der Waals surface area (Å²) in [4.78, 5) is 21.6. The fourth-order valence-electron chi connectivity index (χ4n) is 0.849. The van der Waals surface area contributed by atoms with Crippen LogP contribution in [0, 0.1) is 0 Å². The summed E-state index contributed by atoms with van der Waals surface area (Å²) in [6.07, 6.45) is 0. The molecule has 0 spiro atoms. The number of carboxylic acid groups (broad SMARTS) is 1. The largest absolute Gasteiger partial charge is 0.480 e. The number of carboxylic acids is 1. The number of rotatable bonds is 5. The molecule has 13 heavy (non-hydrogen) atoms. The van der Waals surface area contributed by atoms with Crippen molar-refractivity contribution in [3.8, 4) is 0 Å². The normalized spacial score (nSPS) is 14.7. The van der Waals surface area contributed by atoms with Crippen molar-refractivity contribution in [1.29, 1.82) is 0 Å². The highest BCUT2D eigenvalue weighted by molar-refractivity contribution is 5.82. The van der Waals surface area contributed by atoms with E-state index < -0.39 is 18.1 Å². The number of carbonyl (C=O) groups excluding carboxylic acids is 1. The molecule has 0 radical (unpaired) electrons. The van der Waals surface area contributed by atoms with Gasteiger partial charge in [0.1, 0.15) is 6.04 Å². The van der Waals surface area contributed by atoms with Crippen LogP contribution < -0.4 is 10.6 Å². The number of hydrogen-bond donors (Lipinski definition) is 3. The van der Waals surface area contributed by atoms with E-state index in [1.54, 1.807) is 6.92 Å². The van der Waals surface area contributed by atoms with Gasteiger partial charge in [0.2, 0.25) is 5.91 Å². The molecule has 0 fully saturated rings. The van der Waals surface area contributed by atoms with Gasteiger partial charge in [-0.05, 0) is 20.8 Å². The predicted molar refractivity (Wildman–Crippen MR) is 48.4 cm³/mol. The van der Waals surface area contributed by atoms with Crippen molar-refractivity contribution < 1.29 is 14.7 Å². The van der Waals surface area contributed by atoms with E-state index in [1.807, 2.05) is 6.92 Å². The zero-order valence-corrected chi connectivity index (χ0v) is 8.13. The molecule has 0 aliphatic heterocycles. The van der Waals surface area contributed by atoms with Crippen LogP contribution in [0.4, 0.5) is 0 Å². The Morgan fingerprint density at radius 2 is 1.85 bits per heavy atom. The number of carbonyl (C=O) groups is 2. The molecule has 0 rings (SSSR count). The third kappa shape index (κ3) is 4.47. The average Bonchev–Trinajstić information content (AvgIpc) is 2.04. The van der Waals surface area contributed by atoms with E-state index in [1.165, 1.54) is 6.92 Å². The molecule has 3 N–H and O–H groups in total. The molecular weight excluding hydrogens is 172 g/mol. The minimum absolute atomic E-state index is 0.185. The summed E-state index contributed by atoms with van der Waals surface area (Å²) >= 11 is 0. The maximum absolute atomic E-state index is 11.1. The maximum Gasteiger partial charge on any atom is 0.320 e. The molecule has 2 unspecified atom stereocenters. The Hall–Kier alpha value is -1.10. The molecule has 5 heteroatoms. The lowest BCUT2D eigenvalue weighted by Crippen LogP contribution is -2.48. The Labute approximate surface area is 77.5 Å². The van der Waals surface area contributed by atoms with Crippen LogP contribution in [-0.2, 0) is 9.59 Å². The molecule has 1 amide bonds. The van der Waals surface area contributed by atoms with Crippen LogP contribution in [0.2, 0.25) is 0 Å². The lowest BCUT2D eigenvalue weighted by molar-refractivity contribution is -0.139. The highest BCUT2D eigenvalue weighted by Gasteiger charge is 2.17. The molecule has 0 aromatic carbocycles. The van der Waals surface area contributed by atoms with E-state index in [0.29, 0.717) is 6.54 Å². The van der Waals surface area contributed by atoms with Crippen LogP contribution >= 0.6 is 0 Å². The predicted octanol–water partition coefficient (Wildman–Crippen LogP) is -0.426. The third-order valence-corrected chi connectivity index (χ3v) is 1.61. The number of aliphatic carboxylic acids is 1. The molecule has 0 saturated heterocycles. The van der Waals surface area contributed by atoms with Crippen molar-refractivity contribution in [3.05, 3.63) is 0 Å². The van der Waals surface area contributed by atoms with Gasteiger partial charge in [-0.1, -0.05) is 0 Å². The molecule has 0 aliphatic rings. The zero-order chi connectivity index (χ0) is 10.4. The first-order valence-electron chi connectivity index (χ1n) is 4.25. The van der Waals surface area contributed by atoms with Crippen molar-refractivity contribution >= 4 is 11.9 Å². The topological polar surface area (TPSA) is 78.4 Å². The van der Waals surface area contributed by atoms with E-state index in [0.717, 1.165) is 0 Å². The van der Waals surface area contributed by atoms with E-state index in [9.17, 15) is 9.59 Å². The van der Waals surface area contributed by atoms with Crippen LogP contribution in [-0.4, -0.2) is 35.6 Å². The van der Waals surface area contributed by atoms with Gasteiger partial charge in [-0.15, -0.1) is 0 Å². The van der Waals surface area contributed by atoms with Crippen LogP contribution in [0.1, 0.15) is 20.8 Å². The first-order chi connectivity index (χ1) is 5.99. The minimum atomic E-state index is -0.962. The highest BCUT2D eigenvalue weighted by Crippen LogP contribution is 1.87. The quantitative estimate of drug-likeness (QED) is 0.547. The van der Waals surface area contributed by atoms with Crippen LogP contribution in [0.5, 0.6) is 0 Å². The lowest BCUT2D eigenvalue weighted by Gasteiger charge is -2.15. The minimum Gasteiger partial charge on any atom is -0.480 e. The van der Waals surface area contributed by atoms with Crippen LogP contribution in [0.25, 0.3) is 0 Å². The fourth-order valence-corrected chi connectivity index (χ4v) is 0.849. The molecule has 0 heterocycles. The van der Waals surface area contributed by atoms with Crippen molar-refractivity contribution in [1.82, 2.24) is 10.6 Å². The van der Waals surface area contributed by atoms with Gasteiger partial charge in [-0.25, -0.2) is 0 Å². The molecule has 5 nitrogen and oxygen atoms in total. The number of nitrogens with one attached hydrogen (secondary N) is 2. The standard InChI is InChI=1S/C8H16N2O3/c1-4-9-7(11)5(2)10-6(3)8(12)13/h5-6,10H,4H2,1-3H3,(H,9,11)(H,12,13). The first kappa shape index (κ1) is 11.9. The van der Waals surface area contributed by atoms with Gasteiger partial charge in [0.15, 0.2) is 0 Å². The van der Waals surface area contributed by atoms with Gasteiger partial charge in [0.05, 0.1) is 6.04 Å². The summed E-state index contributed by atoms with van der Waals surface area (Å²) in [6.45, 7) is 5.49. The van der Waals surface area contributed by atoms with Gasteiger partial charge < -0.3 is 10.4 Å². The van der Waals surface area contributed by atoms with Crippen molar-refractivity contribution in [3.63, 3.8) is 0 Å². The Morgan fingerprint density at radius 1 is 1.31 bits per heavy atom. The maximum atomic E-state index is 11.1. The molecule has 0 aromatic rings. The lowest BCUT2D eigenvalue weighted by atomic mass is 10.2. The molecular formula is C8H16N2O3. The summed E-state index contributed by atoms with van der Waals surface area (Å²) in [5.41, 5.74) is 0. The van der Waals surface area contributed by atoms with E-state index in [-0.39, 0.29) is 5.91 Å². The van der Waals surface area contributed by atoms with Gasteiger partial charge in [0, 0.05) is 6.54 Å². The number of amides is 1. The summed E-state index contributed by atoms with van der Waals surface area (Å²) in [6, 6.07) is -1.19. The Bertz CT molecular complexity index is 194. The van der Waals surface area contributed by atoms with E-state index in [4.69, 9.17) is 5.11 Å². The van der Waals surface area contributed by atoms with Gasteiger partial charge >= 0.3 is 5.97 Å². The molecule has 76 valence electrons. The molecule has 0 aromatic heterocycles. The number of likely N-dealkylation sites (N-methyl/N-ethyl adjacent to an activating group) is 1. The third-order valence-electron chi connectivity index (χ3n) is 1.61. The van der Waals surface area contributed by atoms with Gasteiger partial charge in [0.25, 0.3) is 0 Å². The zero-order valence-electron chi connectivity index (χ0n) is 8.13.